The van der Waals surface area contributed by atoms with Gasteiger partial charge in [-0.1, -0.05) is 17.3 Å². The van der Waals surface area contributed by atoms with E-state index in [1.807, 2.05) is 0 Å². The molecule has 51 valence electrons. The van der Waals surface area contributed by atoms with Gasteiger partial charge in [-0.2, -0.15) is 0 Å². The fourth-order valence-electron chi connectivity index (χ4n) is 0.595. The molecule has 1 aromatic rings. The zero-order chi connectivity index (χ0) is 7.40. The van der Waals surface area contributed by atoms with Crippen LogP contribution in [0.2, 0.25) is 0 Å². The zero-order valence-electron chi connectivity index (χ0n) is 5.08. The lowest BCUT2D eigenvalue weighted by Crippen LogP contribution is -1.82. The molecule has 1 rings (SSSR count). The lowest BCUT2D eigenvalue weighted by Gasteiger charge is -1.88. The fraction of sp³-hybridized carbons (Fsp3) is 0. The lowest BCUT2D eigenvalue weighted by atomic mass is 10.2. The van der Waals surface area contributed by atoms with E-state index in [4.69, 9.17) is 5.21 Å². The molecule has 0 unspecified atom stereocenters. The smallest absolute Gasteiger partial charge is 0.131 e. The molecule has 1 N–H and O–H groups in total. The van der Waals surface area contributed by atoms with Crippen molar-refractivity contribution in [2.75, 3.05) is 0 Å². The van der Waals surface area contributed by atoms with Gasteiger partial charge in [-0.15, -0.1) is 0 Å². The van der Waals surface area contributed by atoms with E-state index in [2.05, 4.69) is 11.2 Å². The number of oxime groups is 1. The van der Waals surface area contributed by atoms with Crippen molar-refractivity contribution in [1.82, 2.24) is 0 Å². The minimum Gasteiger partial charge on any atom is -0.411 e. The van der Waals surface area contributed by atoms with Crippen LogP contribution in [0, 0.1) is 11.9 Å². The van der Waals surface area contributed by atoms with Gasteiger partial charge in [0, 0.05) is 11.6 Å². The number of rotatable bonds is 1. The third-order valence-electron chi connectivity index (χ3n) is 0.979. The van der Waals surface area contributed by atoms with Crippen LogP contribution in [0.4, 0.5) is 4.39 Å². The number of hydrogen-bond acceptors (Lipinski definition) is 2. The molecule has 0 aliphatic heterocycles. The van der Waals surface area contributed by atoms with Crippen molar-refractivity contribution < 1.29 is 9.60 Å². The van der Waals surface area contributed by atoms with Crippen molar-refractivity contribution in [2.24, 2.45) is 5.16 Å². The highest BCUT2D eigenvalue weighted by Crippen LogP contribution is 1.98. The van der Waals surface area contributed by atoms with Crippen LogP contribution >= 0.6 is 0 Å². The molecule has 0 spiro atoms. The molecule has 0 saturated carbocycles. The van der Waals surface area contributed by atoms with E-state index < -0.39 is 5.82 Å². The molecule has 0 aliphatic carbocycles. The maximum absolute atomic E-state index is 12.3. The summed E-state index contributed by atoms with van der Waals surface area (Å²) < 4.78 is 12.3. The van der Waals surface area contributed by atoms with E-state index in [1.165, 1.54) is 12.1 Å². The van der Waals surface area contributed by atoms with Gasteiger partial charge in [-0.05, 0) is 6.07 Å². The molecule has 0 aliphatic rings. The average Bonchev–Trinajstić information content (AvgIpc) is 1.88. The first-order chi connectivity index (χ1) is 4.83. The molecular weight excluding hydrogens is 133 g/mol. The van der Waals surface area contributed by atoms with Gasteiger partial charge >= 0.3 is 0 Å². The van der Waals surface area contributed by atoms with Crippen molar-refractivity contribution in [3.8, 4) is 0 Å². The van der Waals surface area contributed by atoms with Gasteiger partial charge in [-0.25, -0.2) is 4.39 Å². The van der Waals surface area contributed by atoms with Gasteiger partial charge in [-0.3, -0.25) is 0 Å². The summed E-state index contributed by atoms with van der Waals surface area (Å²) in [4.78, 5) is 0. The highest BCUT2D eigenvalue weighted by atomic mass is 19.1. The van der Waals surface area contributed by atoms with Crippen molar-refractivity contribution in [2.45, 2.75) is 0 Å². The van der Waals surface area contributed by atoms with Gasteiger partial charge in [0.05, 0.1) is 6.21 Å². The van der Waals surface area contributed by atoms with Crippen LogP contribution in [0.15, 0.2) is 23.4 Å². The Hall–Kier alpha value is -1.38. The maximum atomic E-state index is 12.3. The molecule has 10 heavy (non-hydrogen) atoms. The number of hydrogen-bond donors (Lipinski definition) is 1. The molecule has 0 fully saturated rings. The highest BCUT2D eigenvalue weighted by Gasteiger charge is 1.90. The topological polar surface area (TPSA) is 32.6 Å². The number of halogens is 1. The second-order valence-electron chi connectivity index (χ2n) is 1.70. The predicted molar refractivity (Wildman–Crippen MR) is 34.6 cm³/mol. The van der Waals surface area contributed by atoms with Crippen LogP contribution in [0.25, 0.3) is 0 Å². The molecule has 2 nitrogen and oxygen atoms in total. The summed E-state index contributed by atoms with van der Waals surface area (Å²) in [6.07, 6.45) is 1.11. The van der Waals surface area contributed by atoms with Gasteiger partial charge in [0.1, 0.15) is 5.82 Å². The zero-order valence-corrected chi connectivity index (χ0v) is 5.08. The Morgan fingerprint density at radius 2 is 2.40 bits per heavy atom. The van der Waals surface area contributed by atoms with E-state index in [9.17, 15) is 4.39 Å². The fourth-order valence-corrected chi connectivity index (χ4v) is 0.595. The molecule has 0 atom stereocenters. The first-order valence-corrected chi connectivity index (χ1v) is 2.68. The Balaban J connectivity index is 2.95. The van der Waals surface area contributed by atoms with Gasteiger partial charge in [0.2, 0.25) is 0 Å². The summed E-state index contributed by atoms with van der Waals surface area (Å²) in [6.45, 7) is 0. The first-order valence-electron chi connectivity index (χ1n) is 2.68. The van der Waals surface area contributed by atoms with E-state index in [1.54, 1.807) is 6.07 Å². The standard InChI is InChI=1S/C7H5FNO/c8-7-3-1-2-6(4-7)5-9-10/h1-3,5,10H. The first kappa shape index (κ1) is 6.74. The molecule has 0 bridgehead atoms. The second kappa shape index (κ2) is 2.96. The van der Waals surface area contributed by atoms with Crippen LogP contribution in [-0.4, -0.2) is 11.4 Å². The molecule has 0 heterocycles. The SMILES string of the molecule is ON=Cc1[c]c(F)ccc1. The van der Waals surface area contributed by atoms with Crippen LogP contribution in [0.5, 0.6) is 0 Å². The number of benzene rings is 1. The van der Waals surface area contributed by atoms with E-state index in [0.717, 1.165) is 6.21 Å². The second-order valence-corrected chi connectivity index (χ2v) is 1.70. The molecular formula is C7H5FNO. The average molecular weight is 138 g/mol. The quantitative estimate of drug-likeness (QED) is 0.355. The van der Waals surface area contributed by atoms with Crippen molar-refractivity contribution in [3.63, 3.8) is 0 Å². The van der Waals surface area contributed by atoms with Crippen molar-refractivity contribution in [1.29, 1.82) is 0 Å². The van der Waals surface area contributed by atoms with Crippen LogP contribution < -0.4 is 0 Å². The predicted octanol–water partition coefficient (Wildman–Crippen LogP) is 1.43. The van der Waals surface area contributed by atoms with Crippen LogP contribution in [0.1, 0.15) is 5.56 Å². The summed E-state index contributed by atoms with van der Waals surface area (Å²) in [6, 6.07) is 6.71. The Bertz CT molecular complexity index is 247. The highest BCUT2D eigenvalue weighted by molar-refractivity contribution is 5.78. The summed E-state index contributed by atoms with van der Waals surface area (Å²) in [5.74, 6) is -0.461. The third kappa shape index (κ3) is 1.55. The lowest BCUT2D eigenvalue weighted by molar-refractivity contribution is 0.322. The molecule has 0 amide bonds. The Labute approximate surface area is 57.6 Å². The summed E-state index contributed by atoms with van der Waals surface area (Å²) in [5.41, 5.74) is 0.419. The van der Waals surface area contributed by atoms with Gasteiger partial charge < -0.3 is 5.21 Å². The third-order valence-corrected chi connectivity index (χ3v) is 0.979. The maximum Gasteiger partial charge on any atom is 0.131 e. The summed E-state index contributed by atoms with van der Waals surface area (Å²) >= 11 is 0. The van der Waals surface area contributed by atoms with E-state index >= 15 is 0 Å². The van der Waals surface area contributed by atoms with Crippen molar-refractivity contribution in [3.05, 3.63) is 35.6 Å². The number of nitrogens with zero attached hydrogens (tertiary/aromatic N) is 1. The molecule has 1 radical (unpaired) electrons. The monoisotopic (exact) mass is 138 g/mol. The van der Waals surface area contributed by atoms with Crippen LogP contribution in [-0.2, 0) is 0 Å². The van der Waals surface area contributed by atoms with Gasteiger partial charge in [0.25, 0.3) is 0 Å². The molecule has 0 saturated heterocycles. The van der Waals surface area contributed by atoms with E-state index in [0.29, 0.717) is 5.56 Å². The summed E-state index contributed by atoms with van der Waals surface area (Å²) in [7, 11) is 0. The Morgan fingerprint density at radius 3 is 3.00 bits per heavy atom. The van der Waals surface area contributed by atoms with Crippen LogP contribution in [0.3, 0.4) is 0 Å². The minimum absolute atomic E-state index is 0.419. The minimum atomic E-state index is -0.461. The van der Waals surface area contributed by atoms with Gasteiger partial charge in [0.15, 0.2) is 0 Å². The largest absolute Gasteiger partial charge is 0.411 e. The normalized spacial score (nSPS) is 10.5. The van der Waals surface area contributed by atoms with E-state index in [-0.39, 0.29) is 0 Å². The Kier molecular flexibility index (Phi) is 1.99. The molecule has 3 heteroatoms. The molecule has 1 aromatic carbocycles. The summed E-state index contributed by atoms with van der Waals surface area (Å²) in [5, 5.41) is 10.8. The molecule has 0 aromatic heterocycles. The Morgan fingerprint density at radius 1 is 1.60 bits per heavy atom. The van der Waals surface area contributed by atoms with Crippen molar-refractivity contribution >= 4 is 6.21 Å².